The molecule has 0 aliphatic carbocycles. The second-order valence-electron chi connectivity index (χ2n) is 6.04. The van der Waals surface area contributed by atoms with Crippen molar-refractivity contribution in [3.8, 4) is 0 Å². The van der Waals surface area contributed by atoms with Crippen LogP contribution in [0.1, 0.15) is 48.2 Å². The van der Waals surface area contributed by atoms with Crippen LogP contribution in [0.2, 0.25) is 0 Å². The summed E-state index contributed by atoms with van der Waals surface area (Å²) < 4.78 is 0. The van der Waals surface area contributed by atoms with Gasteiger partial charge in [0, 0.05) is 18.5 Å². The van der Waals surface area contributed by atoms with Crippen molar-refractivity contribution >= 4 is 23.8 Å². The maximum absolute atomic E-state index is 12.5. The molecule has 3 rings (SSSR count). The van der Waals surface area contributed by atoms with Gasteiger partial charge in [0.05, 0.1) is 0 Å². The summed E-state index contributed by atoms with van der Waals surface area (Å²) in [5.41, 5.74) is 3.82. The monoisotopic (exact) mass is 298 g/mol. The van der Waals surface area contributed by atoms with Crippen LogP contribution in [0, 0.1) is 0 Å². The molecular formula is C17H18N2O3. The Kier molecular flexibility index (Phi) is 3.56. The van der Waals surface area contributed by atoms with Crippen LogP contribution in [0.15, 0.2) is 23.8 Å². The zero-order valence-electron chi connectivity index (χ0n) is 12.7. The summed E-state index contributed by atoms with van der Waals surface area (Å²) >= 11 is 0. The molecule has 1 atom stereocenters. The summed E-state index contributed by atoms with van der Waals surface area (Å²) in [7, 11) is 0. The predicted octanol–water partition coefficient (Wildman–Crippen LogP) is 1.87. The van der Waals surface area contributed by atoms with Crippen LogP contribution >= 0.6 is 0 Å². The third kappa shape index (κ3) is 2.54. The molecule has 5 nitrogen and oxygen atoms in total. The zero-order chi connectivity index (χ0) is 15.9. The number of rotatable bonds is 2. The third-order valence-electron chi connectivity index (χ3n) is 4.00. The maximum atomic E-state index is 12.5. The van der Waals surface area contributed by atoms with Gasteiger partial charge in [-0.15, -0.1) is 0 Å². The fourth-order valence-electron chi connectivity index (χ4n) is 3.02. The van der Waals surface area contributed by atoms with Crippen LogP contribution in [0.4, 0.5) is 0 Å². The van der Waals surface area contributed by atoms with Gasteiger partial charge in [-0.1, -0.05) is 17.7 Å². The van der Waals surface area contributed by atoms with E-state index in [1.165, 1.54) is 5.57 Å². The number of imide groups is 1. The van der Waals surface area contributed by atoms with E-state index >= 15 is 0 Å². The van der Waals surface area contributed by atoms with Crippen molar-refractivity contribution in [1.82, 2.24) is 10.2 Å². The molecule has 0 spiro atoms. The largest absolute Gasteiger partial charge is 0.322 e. The van der Waals surface area contributed by atoms with E-state index in [0.29, 0.717) is 18.5 Å². The zero-order valence-corrected chi connectivity index (χ0v) is 12.7. The Bertz CT molecular complexity index is 702. The molecule has 1 saturated heterocycles. The highest BCUT2D eigenvalue weighted by Gasteiger charge is 2.38. The molecule has 1 aromatic carbocycles. The molecule has 22 heavy (non-hydrogen) atoms. The number of nitrogens with one attached hydrogen (secondary N) is 1. The number of amides is 3. The molecule has 114 valence electrons. The van der Waals surface area contributed by atoms with Gasteiger partial charge in [0.2, 0.25) is 11.8 Å². The van der Waals surface area contributed by atoms with Gasteiger partial charge in [-0.3, -0.25) is 19.7 Å². The number of fused-ring (bicyclic) bond motifs is 1. The van der Waals surface area contributed by atoms with Crippen LogP contribution in [0.3, 0.4) is 0 Å². The lowest BCUT2D eigenvalue weighted by atomic mass is 10.0. The van der Waals surface area contributed by atoms with Crippen molar-refractivity contribution in [3.63, 3.8) is 0 Å². The molecule has 2 heterocycles. The van der Waals surface area contributed by atoms with Crippen LogP contribution < -0.4 is 5.32 Å². The normalized spacial score (nSPS) is 20.7. The van der Waals surface area contributed by atoms with Crippen molar-refractivity contribution in [2.75, 3.05) is 0 Å². The van der Waals surface area contributed by atoms with Gasteiger partial charge in [0.1, 0.15) is 6.04 Å². The molecule has 2 aliphatic heterocycles. The quantitative estimate of drug-likeness (QED) is 0.848. The van der Waals surface area contributed by atoms with E-state index in [4.69, 9.17) is 0 Å². The molecule has 0 aromatic heterocycles. The number of allylic oxidation sites excluding steroid dienone is 1. The maximum Gasteiger partial charge on any atom is 0.255 e. The lowest BCUT2D eigenvalue weighted by Gasteiger charge is -2.29. The second kappa shape index (κ2) is 5.40. The van der Waals surface area contributed by atoms with Gasteiger partial charge in [-0.2, -0.15) is 0 Å². The van der Waals surface area contributed by atoms with Crippen LogP contribution in [0.5, 0.6) is 0 Å². The Hall–Kier alpha value is -2.43. The molecule has 1 fully saturated rings. The van der Waals surface area contributed by atoms with Gasteiger partial charge < -0.3 is 4.90 Å². The number of carbonyl (C=O) groups is 3. The molecule has 3 amide bonds. The average Bonchev–Trinajstić information content (AvgIpc) is 2.75. The summed E-state index contributed by atoms with van der Waals surface area (Å²) in [6.07, 6.45) is 2.73. The Morgan fingerprint density at radius 1 is 1.27 bits per heavy atom. The molecule has 1 aromatic rings. The van der Waals surface area contributed by atoms with Gasteiger partial charge in [-0.25, -0.2) is 0 Å². The SMILES string of the molecule is CC(C)=Cc1ccc2c(c1)CN(C1CCC(=O)NC1=O)C2=O. The van der Waals surface area contributed by atoms with E-state index in [-0.39, 0.29) is 24.1 Å². The predicted molar refractivity (Wildman–Crippen MR) is 81.8 cm³/mol. The summed E-state index contributed by atoms with van der Waals surface area (Å²) in [6.45, 7) is 4.47. The number of hydrogen-bond donors (Lipinski definition) is 1. The fourth-order valence-corrected chi connectivity index (χ4v) is 3.02. The first-order valence-electron chi connectivity index (χ1n) is 7.38. The first-order valence-corrected chi connectivity index (χ1v) is 7.38. The summed E-state index contributed by atoms with van der Waals surface area (Å²) in [4.78, 5) is 37.3. The van der Waals surface area contributed by atoms with Crippen LogP contribution in [0.25, 0.3) is 6.08 Å². The lowest BCUT2D eigenvalue weighted by molar-refractivity contribution is -0.136. The number of carbonyl (C=O) groups excluding carboxylic acids is 3. The van der Waals surface area contributed by atoms with E-state index in [1.807, 2.05) is 32.0 Å². The minimum absolute atomic E-state index is 0.131. The van der Waals surface area contributed by atoms with Gasteiger partial charge in [0.15, 0.2) is 0 Å². The summed E-state index contributed by atoms with van der Waals surface area (Å²) in [6, 6.07) is 5.17. The van der Waals surface area contributed by atoms with E-state index in [0.717, 1.165) is 11.1 Å². The summed E-state index contributed by atoms with van der Waals surface area (Å²) in [5.74, 6) is -0.772. The summed E-state index contributed by atoms with van der Waals surface area (Å²) in [5, 5.41) is 2.31. The highest BCUT2D eigenvalue weighted by atomic mass is 16.2. The highest BCUT2D eigenvalue weighted by Crippen LogP contribution is 2.28. The Morgan fingerprint density at radius 2 is 2.05 bits per heavy atom. The second-order valence-corrected chi connectivity index (χ2v) is 6.04. The van der Waals surface area contributed by atoms with E-state index < -0.39 is 6.04 Å². The Labute approximate surface area is 129 Å². The smallest absolute Gasteiger partial charge is 0.255 e. The molecule has 0 bridgehead atoms. The third-order valence-corrected chi connectivity index (χ3v) is 4.00. The number of hydrogen-bond acceptors (Lipinski definition) is 3. The Balaban J connectivity index is 1.86. The van der Waals surface area contributed by atoms with Crippen LogP contribution in [-0.4, -0.2) is 28.7 Å². The fraction of sp³-hybridized carbons (Fsp3) is 0.353. The number of nitrogens with zero attached hydrogens (tertiary/aromatic N) is 1. The molecule has 2 aliphatic rings. The van der Waals surface area contributed by atoms with Gasteiger partial charge >= 0.3 is 0 Å². The molecule has 0 saturated carbocycles. The number of piperidine rings is 1. The molecule has 1 N–H and O–H groups in total. The van der Waals surface area contributed by atoms with Gasteiger partial charge in [0.25, 0.3) is 5.91 Å². The van der Waals surface area contributed by atoms with Crippen molar-refractivity contribution < 1.29 is 14.4 Å². The standard InChI is InChI=1S/C17H18N2O3/c1-10(2)7-11-3-4-13-12(8-11)9-19(17(13)22)14-5-6-15(20)18-16(14)21/h3-4,7-8,14H,5-6,9H2,1-2H3,(H,18,20,21). The minimum Gasteiger partial charge on any atom is -0.322 e. The van der Waals surface area contributed by atoms with Crippen LogP contribution in [-0.2, 0) is 16.1 Å². The first kappa shape index (κ1) is 14.5. The number of benzene rings is 1. The molecule has 1 unspecified atom stereocenters. The van der Waals surface area contributed by atoms with Crippen molar-refractivity contribution in [3.05, 3.63) is 40.5 Å². The van der Waals surface area contributed by atoms with Gasteiger partial charge in [-0.05, 0) is 43.5 Å². The Morgan fingerprint density at radius 3 is 2.73 bits per heavy atom. The highest BCUT2D eigenvalue weighted by molar-refractivity contribution is 6.05. The minimum atomic E-state index is -0.551. The van der Waals surface area contributed by atoms with E-state index in [1.54, 1.807) is 4.90 Å². The first-order chi connectivity index (χ1) is 10.5. The van der Waals surface area contributed by atoms with Crippen molar-refractivity contribution in [1.29, 1.82) is 0 Å². The molecule has 0 radical (unpaired) electrons. The van der Waals surface area contributed by atoms with Crippen molar-refractivity contribution in [2.24, 2.45) is 0 Å². The molecule has 5 heteroatoms. The topological polar surface area (TPSA) is 66.5 Å². The van der Waals surface area contributed by atoms with E-state index in [9.17, 15) is 14.4 Å². The van der Waals surface area contributed by atoms with E-state index in [2.05, 4.69) is 11.4 Å². The lowest BCUT2D eigenvalue weighted by Crippen LogP contribution is -2.52. The van der Waals surface area contributed by atoms with Crippen molar-refractivity contribution in [2.45, 2.75) is 39.3 Å². The molecular weight excluding hydrogens is 280 g/mol. The average molecular weight is 298 g/mol.